The number of allylic oxidation sites excluding steroid dienone is 1. The summed E-state index contributed by atoms with van der Waals surface area (Å²) in [5.41, 5.74) is 4.31. The second-order valence-electron chi connectivity index (χ2n) is 5.79. The molecule has 0 aliphatic heterocycles. The van der Waals surface area contributed by atoms with Crippen LogP contribution in [0.1, 0.15) is 15.9 Å². The number of ketones is 1. The van der Waals surface area contributed by atoms with Crippen LogP contribution in [0.25, 0.3) is 28.7 Å². The van der Waals surface area contributed by atoms with Gasteiger partial charge in [-0.1, -0.05) is 60.7 Å². The molecule has 4 rings (SSSR count). The molecule has 0 saturated carbocycles. The third-order valence-corrected chi connectivity index (χ3v) is 4.13. The molecule has 0 fully saturated rings. The number of carbonyl (C=O) groups excluding carboxylic acids is 1. The van der Waals surface area contributed by atoms with Gasteiger partial charge in [0.25, 0.3) is 0 Å². The summed E-state index contributed by atoms with van der Waals surface area (Å²) >= 11 is 0. The van der Waals surface area contributed by atoms with Crippen molar-refractivity contribution in [3.05, 3.63) is 96.4 Å². The fraction of sp³-hybridized carbons (Fsp3) is 0. The van der Waals surface area contributed by atoms with E-state index in [1.807, 2.05) is 72.8 Å². The summed E-state index contributed by atoms with van der Waals surface area (Å²) in [6.45, 7) is 0. The van der Waals surface area contributed by atoms with Crippen molar-refractivity contribution in [2.24, 2.45) is 0 Å². The molecular formula is C22H16N2O2. The highest BCUT2D eigenvalue weighted by Crippen LogP contribution is 2.33. The van der Waals surface area contributed by atoms with Crippen molar-refractivity contribution in [1.82, 2.24) is 10.2 Å². The minimum absolute atomic E-state index is 0.0288. The van der Waals surface area contributed by atoms with Crippen LogP contribution in [0.15, 0.2) is 89.7 Å². The van der Waals surface area contributed by atoms with Crippen LogP contribution in [-0.4, -0.2) is 16.0 Å². The van der Waals surface area contributed by atoms with Crippen LogP contribution >= 0.6 is 0 Å². The highest BCUT2D eigenvalue weighted by Gasteiger charge is 2.14. The van der Waals surface area contributed by atoms with Gasteiger partial charge in [0.2, 0.25) is 0 Å². The summed E-state index contributed by atoms with van der Waals surface area (Å²) in [5, 5.41) is 7.15. The molecule has 126 valence electrons. The lowest BCUT2D eigenvalue weighted by Crippen LogP contribution is -1.93. The minimum Gasteiger partial charge on any atom is -0.463 e. The van der Waals surface area contributed by atoms with Gasteiger partial charge in [0.05, 0.1) is 12.5 Å². The lowest BCUT2D eigenvalue weighted by molar-refractivity contribution is 0.104. The predicted molar refractivity (Wildman–Crippen MR) is 102 cm³/mol. The normalized spacial score (nSPS) is 11.1. The van der Waals surface area contributed by atoms with Crippen LogP contribution in [0, 0.1) is 0 Å². The van der Waals surface area contributed by atoms with E-state index in [2.05, 4.69) is 10.2 Å². The predicted octanol–water partition coefficient (Wildman–Crippen LogP) is 5.23. The third-order valence-electron chi connectivity index (χ3n) is 4.13. The van der Waals surface area contributed by atoms with Gasteiger partial charge in [0, 0.05) is 11.1 Å². The van der Waals surface area contributed by atoms with E-state index in [1.54, 1.807) is 18.5 Å². The first kappa shape index (κ1) is 15.8. The molecule has 0 aliphatic rings. The molecular weight excluding hydrogens is 324 g/mol. The van der Waals surface area contributed by atoms with Crippen LogP contribution in [0.3, 0.4) is 0 Å². The smallest absolute Gasteiger partial charge is 0.185 e. The Morgan fingerprint density at radius 1 is 0.923 bits per heavy atom. The molecule has 0 spiro atoms. The number of hydrogen-bond acceptors (Lipinski definition) is 3. The maximum atomic E-state index is 12.3. The number of hydrogen-bond donors (Lipinski definition) is 1. The number of benzene rings is 2. The molecule has 0 atom stereocenters. The Bertz CT molecular complexity index is 1040. The molecule has 0 aliphatic carbocycles. The van der Waals surface area contributed by atoms with Gasteiger partial charge in [0.1, 0.15) is 5.69 Å². The van der Waals surface area contributed by atoms with E-state index in [0.29, 0.717) is 5.56 Å². The molecule has 1 N–H and O–H groups in total. The molecule has 26 heavy (non-hydrogen) atoms. The summed E-state index contributed by atoms with van der Waals surface area (Å²) in [7, 11) is 0. The first-order valence-corrected chi connectivity index (χ1v) is 8.27. The van der Waals surface area contributed by atoms with E-state index in [-0.39, 0.29) is 5.78 Å². The van der Waals surface area contributed by atoms with E-state index in [1.165, 1.54) is 0 Å². The molecule has 2 aromatic heterocycles. The first-order valence-electron chi connectivity index (χ1n) is 8.27. The number of aromatic amines is 1. The zero-order valence-corrected chi connectivity index (χ0v) is 13.9. The Balaban J connectivity index is 1.70. The van der Waals surface area contributed by atoms with Gasteiger partial charge >= 0.3 is 0 Å². The lowest BCUT2D eigenvalue weighted by atomic mass is 9.98. The second-order valence-corrected chi connectivity index (χ2v) is 5.79. The van der Waals surface area contributed by atoms with Crippen molar-refractivity contribution in [1.29, 1.82) is 0 Å². The van der Waals surface area contributed by atoms with Gasteiger partial charge in [-0.25, -0.2) is 0 Å². The molecule has 0 bridgehead atoms. The maximum Gasteiger partial charge on any atom is 0.185 e. The number of furan rings is 1. The Hall–Kier alpha value is -3.66. The number of nitrogens with zero attached hydrogens (tertiary/aromatic N) is 1. The zero-order chi connectivity index (χ0) is 17.8. The van der Waals surface area contributed by atoms with Crippen molar-refractivity contribution < 1.29 is 9.21 Å². The Morgan fingerprint density at radius 3 is 2.54 bits per heavy atom. The van der Waals surface area contributed by atoms with Gasteiger partial charge in [-0.05, 0) is 29.3 Å². The van der Waals surface area contributed by atoms with Crippen molar-refractivity contribution in [2.75, 3.05) is 0 Å². The monoisotopic (exact) mass is 340 g/mol. The zero-order valence-electron chi connectivity index (χ0n) is 13.9. The van der Waals surface area contributed by atoms with Crippen LogP contribution in [0.4, 0.5) is 0 Å². The topological polar surface area (TPSA) is 58.9 Å². The average molecular weight is 340 g/mol. The van der Waals surface area contributed by atoms with Crippen molar-refractivity contribution in [3.8, 4) is 22.6 Å². The Morgan fingerprint density at radius 2 is 1.73 bits per heavy atom. The number of carbonyl (C=O) groups is 1. The quantitative estimate of drug-likeness (QED) is 0.399. The number of rotatable bonds is 5. The van der Waals surface area contributed by atoms with E-state index >= 15 is 0 Å². The summed E-state index contributed by atoms with van der Waals surface area (Å²) in [5.74, 6) is 0.690. The fourth-order valence-electron chi connectivity index (χ4n) is 2.85. The number of H-pyrrole nitrogens is 1. The fourth-order valence-corrected chi connectivity index (χ4v) is 2.85. The van der Waals surface area contributed by atoms with Gasteiger partial charge < -0.3 is 4.42 Å². The molecule has 0 radical (unpaired) electrons. The summed E-state index contributed by atoms with van der Waals surface area (Å²) in [4.78, 5) is 12.3. The molecule has 0 unspecified atom stereocenters. The summed E-state index contributed by atoms with van der Waals surface area (Å²) in [6.07, 6.45) is 6.83. The molecule has 4 heteroatoms. The molecule has 4 aromatic rings. The third kappa shape index (κ3) is 3.13. The molecule has 0 amide bonds. The lowest BCUT2D eigenvalue weighted by Gasteiger charge is -2.06. The van der Waals surface area contributed by atoms with Crippen molar-refractivity contribution in [2.45, 2.75) is 0 Å². The molecule has 2 heterocycles. The van der Waals surface area contributed by atoms with Gasteiger partial charge in [0.15, 0.2) is 11.5 Å². The van der Waals surface area contributed by atoms with Gasteiger partial charge in [-0.3, -0.25) is 9.89 Å². The van der Waals surface area contributed by atoms with Crippen LogP contribution in [-0.2, 0) is 0 Å². The Labute approximate surface area is 150 Å². The maximum absolute atomic E-state index is 12.3. The second kappa shape index (κ2) is 7.07. The number of nitrogens with one attached hydrogen (secondary N) is 1. The van der Waals surface area contributed by atoms with Crippen LogP contribution in [0.5, 0.6) is 0 Å². The minimum atomic E-state index is -0.0288. The largest absolute Gasteiger partial charge is 0.463 e. The average Bonchev–Trinajstić information content (AvgIpc) is 3.38. The highest BCUT2D eigenvalue weighted by atomic mass is 16.3. The first-order chi connectivity index (χ1) is 12.8. The van der Waals surface area contributed by atoms with Crippen LogP contribution in [0.2, 0.25) is 0 Å². The SMILES string of the molecule is O=C(C=Cc1ccccc1-c1cn[nH]c1-c1ccco1)c1ccccc1. The van der Waals surface area contributed by atoms with Crippen molar-refractivity contribution in [3.63, 3.8) is 0 Å². The van der Waals surface area contributed by atoms with E-state index in [0.717, 1.165) is 28.1 Å². The summed E-state index contributed by atoms with van der Waals surface area (Å²) in [6, 6.07) is 20.8. The molecule has 0 saturated heterocycles. The van der Waals surface area contributed by atoms with E-state index in [4.69, 9.17) is 4.42 Å². The summed E-state index contributed by atoms with van der Waals surface area (Å²) < 4.78 is 5.49. The van der Waals surface area contributed by atoms with E-state index < -0.39 is 0 Å². The van der Waals surface area contributed by atoms with Gasteiger partial charge in [-0.2, -0.15) is 5.10 Å². The van der Waals surface area contributed by atoms with Crippen molar-refractivity contribution >= 4 is 11.9 Å². The van der Waals surface area contributed by atoms with Gasteiger partial charge in [-0.15, -0.1) is 0 Å². The number of aromatic nitrogens is 2. The standard InChI is InChI=1S/C22H16N2O2/c25-20(17-8-2-1-3-9-17)13-12-16-7-4-5-10-18(16)19-15-23-24-22(19)21-11-6-14-26-21/h1-15H,(H,23,24). The molecule has 2 aromatic carbocycles. The highest BCUT2D eigenvalue weighted by molar-refractivity contribution is 6.07. The van der Waals surface area contributed by atoms with E-state index in [9.17, 15) is 4.79 Å². The molecule has 4 nitrogen and oxygen atoms in total. The Kier molecular flexibility index (Phi) is 4.31. The van der Waals surface area contributed by atoms with Crippen LogP contribution < -0.4 is 0 Å².